The largest absolute Gasteiger partial charge is 0.466 e. The minimum absolute atomic E-state index is 0.00513. The van der Waals surface area contributed by atoms with Crippen molar-refractivity contribution in [3.05, 3.63) is 36.5 Å². The quantitative estimate of drug-likeness (QED) is 0.0320. The number of aliphatic hydroxyl groups excluding tert-OH is 2. The summed E-state index contributed by atoms with van der Waals surface area (Å²) in [5, 5.41) is 23.3. The lowest BCUT2D eigenvalue weighted by molar-refractivity contribution is -0.143. The van der Waals surface area contributed by atoms with E-state index in [0.29, 0.717) is 19.4 Å². The molecule has 0 bridgehead atoms. The minimum Gasteiger partial charge on any atom is -0.466 e. The van der Waals surface area contributed by atoms with Crippen LogP contribution in [0.5, 0.6) is 0 Å². The molecule has 0 saturated carbocycles. The minimum atomic E-state index is -0.844. The number of esters is 1. The first-order valence-corrected chi connectivity index (χ1v) is 38.8. The lowest BCUT2D eigenvalue weighted by Crippen LogP contribution is -2.45. The van der Waals surface area contributed by atoms with Crippen LogP contribution in [0.4, 0.5) is 0 Å². The van der Waals surface area contributed by atoms with Crippen molar-refractivity contribution in [2.75, 3.05) is 13.2 Å². The van der Waals surface area contributed by atoms with Crippen LogP contribution in [0.3, 0.4) is 0 Å². The Morgan fingerprint density at radius 1 is 0.329 bits per heavy atom. The van der Waals surface area contributed by atoms with Gasteiger partial charge in [0, 0.05) is 12.8 Å². The summed E-state index contributed by atoms with van der Waals surface area (Å²) in [5.41, 5.74) is 0. The third kappa shape index (κ3) is 71.0. The van der Waals surface area contributed by atoms with Gasteiger partial charge in [0.25, 0.3) is 0 Å². The summed E-state index contributed by atoms with van der Waals surface area (Å²) in [4.78, 5) is 24.6. The van der Waals surface area contributed by atoms with Gasteiger partial charge in [0.05, 0.1) is 25.4 Å². The van der Waals surface area contributed by atoms with Crippen molar-refractivity contribution in [3.8, 4) is 0 Å². The van der Waals surface area contributed by atoms with E-state index >= 15 is 0 Å². The summed E-state index contributed by atoms with van der Waals surface area (Å²) in [7, 11) is 0. The van der Waals surface area contributed by atoms with Crippen molar-refractivity contribution >= 4 is 11.9 Å². The van der Waals surface area contributed by atoms with E-state index < -0.39 is 12.1 Å². The van der Waals surface area contributed by atoms with Gasteiger partial charge in [0.1, 0.15) is 0 Å². The maximum Gasteiger partial charge on any atom is 0.305 e. The molecule has 85 heavy (non-hydrogen) atoms. The van der Waals surface area contributed by atoms with Crippen LogP contribution < -0.4 is 5.32 Å². The number of hydrogen-bond donors (Lipinski definition) is 3. The number of hydrogen-bond acceptors (Lipinski definition) is 5. The topological polar surface area (TPSA) is 95.9 Å². The standard InChI is InChI=1S/C79H151NO5/c1-3-5-7-9-11-13-15-17-19-20-21-22-23-28-31-34-37-40-44-47-51-55-59-63-67-71-77(82)76(75-81)80-78(83)72-68-64-60-56-52-48-45-41-38-35-32-29-26-24-25-27-30-33-36-39-42-46-50-54-58-62-66-70-74-85-79(84)73-69-65-61-57-53-49-43-18-16-14-12-10-8-6-4-2/h12,14,18,43,67,71,76-77,81-82H,3-11,13,15-17,19-42,44-66,68-70,72-75H2,1-2H3,(H,80,83)/b14-12-,43-18-,71-67+. The number of carbonyl (C=O) groups is 2. The highest BCUT2D eigenvalue weighted by molar-refractivity contribution is 5.76. The molecule has 0 aromatic rings. The third-order valence-electron chi connectivity index (χ3n) is 18.2. The summed E-state index contributed by atoms with van der Waals surface area (Å²) >= 11 is 0. The zero-order chi connectivity index (χ0) is 61.3. The van der Waals surface area contributed by atoms with Gasteiger partial charge in [-0.25, -0.2) is 0 Å². The Kier molecular flexibility index (Phi) is 72.9. The highest BCUT2D eigenvalue weighted by atomic mass is 16.5. The molecule has 502 valence electrons. The Bertz CT molecular complexity index is 1380. The molecule has 0 aliphatic carbocycles. The van der Waals surface area contributed by atoms with E-state index in [1.165, 1.54) is 353 Å². The average molecular weight is 1200 g/mol. The molecule has 3 N–H and O–H groups in total. The van der Waals surface area contributed by atoms with Gasteiger partial charge in [-0.2, -0.15) is 0 Å². The molecule has 0 radical (unpaired) electrons. The first-order chi connectivity index (χ1) is 42.0. The van der Waals surface area contributed by atoms with Crippen LogP contribution in [-0.4, -0.2) is 47.4 Å². The predicted octanol–water partition coefficient (Wildman–Crippen LogP) is 25.4. The SMILES string of the molecule is CCCCC/C=C\C/C=C\CCCCCCCC(=O)OCCCCCCCCCCCCCCCCCCCCCCCCCCCCCCC(=O)NC(CO)C(O)/C=C/CCCCCCCCCCCCCCCCCCCCCCCCC. The van der Waals surface area contributed by atoms with Crippen molar-refractivity contribution in [1.29, 1.82) is 0 Å². The molecule has 0 spiro atoms. The maximum absolute atomic E-state index is 12.6. The molecule has 0 aliphatic heterocycles. The van der Waals surface area contributed by atoms with Gasteiger partial charge in [-0.3, -0.25) is 9.59 Å². The third-order valence-corrected chi connectivity index (χ3v) is 18.2. The molecule has 0 saturated heterocycles. The van der Waals surface area contributed by atoms with Crippen molar-refractivity contribution in [2.24, 2.45) is 0 Å². The molecular weight excluding hydrogens is 1040 g/mol. The molecule has 1 amide bonds. The first-order valence-electron chi connectivity index (χ1n) is 38.8. The van der Waals surface area contributed by atoms with Gasteiger partial charge in [0.15, 0.2) is 0 Å². The highest BCUT2D eigenvalue weighted by Gasteiger charge is 2.18. The van der Waals surface area contributed by atoms with E-state index in [1.807, 2.05) is 6.08 Å². The summed E-state index contributed by atoms with van der Waals surface area (Å²) in [5.74, 6) is -0.0549. The van der Waals surface area contributed by atoms with Gasteiger partial charge < -0.3 is 20.3 Å². The Balaban J connectivity index is 3.38. The van der Waals surface area contributed by atoms with Crippen molar-refractivity contribution in [2.45, 2.75) is 443 Å². The molecule has 0 aliphatic rings. The van der Waals surface area contributed by atoms with E-state index in [0.717, 1.165) is 51.4 Å². The fourth-order valence-corrected chi connectivity index (χ4v) is 12.3. The normalized spacial score (nSPS) is 12.7. The second-order valence-electron chi connectivity index (χ2n) is 26.7. The van der Waals surface area contributed by atoms with Crippen LogP contribution in [0, 0.1) is 0 Å². The Hall–Kier alpha value is -1.92. The Labute approximate surface area is 532 Å². The van der Waals surface area contributed by atoms with Gasteiger partial charge >= 0.3 is 5.97 Å². The number of allylic oxidation sites excluding steroid dienone is 5. The smallest absolute Gasteiger partial charge is 0.305 e. The lowest BCUT2D eigenvalue weighted by Gasteiger charge is -2.20. The van der Waals surface area contributed by atoms with E-state index in [4.69, 9.17) is 4.74 Å². The highest BCUT2D eigenvalue weighted by Crippen LogP contribution is 2.20. The van der Waals surface area contributed by atoms with Gasteiger partial charge in [-0.05, 0) is 64.2 Å². The number of aliphatic hydroxyl groups is 2. The lowest BCUT2D eigenvalue weighted by atomic mass is 10.0. The Morgan fingerprint density at radius 3 is 0.918 bits per heavy atom. The van der Waals surface area contributed by atoms with E-state index in [1.54, 1.807) is 6.08 Å². The summed E-state index contributed by atoms with van der Waals surface area (Å²) in [6.07, 6.45) is 96.8. The summed E-state index contributed by atoms with van der Waals surface area (Å²) < 4.78 is 5.49. The number of ether oxygens (including phenoxy) is 1. The maximum atomic E-state index is 12.6. The van der Waals surface area contributed by atoms with Gasteiger partial charge in [-0.15, -0.1) is 0 Å². The fraction of sp³-hybridized carbons (Fsp3) is 0.899. The molecule has 2 unspecified atom stereocenters. The second-order valence-corrected chi connectivity index (χ2v) is 26.7. The predicted molar refractivity (Wildman–Crippen MR) is 375 cm³/mol. The molecule has 2 atom stereocenters. The zero-order valence-corrected chi connectivity index (χ0v) is 57.6. The van der Waals surface area contributed by atoms with Crippen molar-refractivity contribution in [3.63, 3.8) is 0 Å². The number of nitrogens with one attached hydrogen (secondary N) is 1. The number of rotatable bonds is 73. The fourth-order valence-electron chi connectivity index (χ4n) is 12.3. The number of carbonyl (C=O) groups excluding carboxylic acids is 2. The molecule has 6 nitrogen and oxygen atoms in total. The molecular formula is C79H151NO5. The van der Waals surface area contributed by atoms with E-state index in [2.05, 4.69) is 43.5 Å². The van der Waals surface area contributed by atoms with E-state index in [-0.39, 0.29) is 18.5 Å². The summed E-state index contributed by atoms with van der Waals surface area (Å²) in [6.45, 7) is 4.92. The van der Waals surface area contributed by atoms with Gasteiger partial charge in [0.2, 0.25) is 5.91 Å². The average Bonchev–Trinajstić information content (AvgIpc) is 3.51. The molecule has 0 rings (SSSR count). The monoisotopic (exact) mass is 1190 g/mol. The Morgan fingerprint density at radius 2 is 0.588 bits per heavy atom. The van der Waals surface area contributed by atoms with Gasteiger partial charge in [-0.1, -0.05) is 391 Å². The molecule has 6 heteroatoms. The van der Waals surface area contributed by atoms with Crippen LogP contribution >= 0.6 is 0 Å². The molecule has 0 aromatic heterocycles. The second kappa shape index (κ2) is 74.5. The molecule has 0 heterocycles. The van der Waals surface area contributed by atoms with E-state index in [9.17, 15) is 19.8 Å². The van der Waals surface area contributed by atoms with Crippen molar-refractivity contribution in [1.82, 2.24) is 5.32 Å². The zero-order valence-electron chi connectivity index (χ0n) is 57.6. The molecule has 0 aromatic carbocycles. The first kappa shape index (κ1) is 83.1. The summed E-state index contributed by atoms with van der Waals surface area (Å²) in [6, 6.07) is -0.627. The number of amides is 1. The van der Waals surface area contributed by atoms with Crippen LogP contribution in [0.1, 0.15) is 431 Å². The number of unbranched alkanes of at least 4 members (excludes halogenated alkanes) is 58. The van der Waals surface area contributed by atoms with Crippen LogP contribution in [0.25, 0.3) is 0 Å². The molecule has 0 fully saturated rings. The van der Waals surface area contributed by atoms with Crippen LogP contribution in [0.15, 0.2) is 36.5 Å². The van der Waals surface area contributed by atoms with Crippen LogP contribution in [0.2, 0.25) is 0 Å². The van der Waals surface area contributed by atoms with Crippen LogP contribution in [-0.2, 0) is 14.3 Å². The van der Waals surface area contributed by atoms with Crippen molar-refractivity contribution < 1.29 is 24.5 Å².